The summed E-state index contributed by atoms with van der Waals surface area (Å²) in [7, 11) is 1.58. The van der Waals surface area contributed by atoms with E-state index in [4.69, 9.17) is 4.74 Å². The van der Waals surface area contributed by atoms with Crippen molar-refractivity contribution in [3.63, 3.8) is 0 Å². The molecule has 5 nitrogen and oxygen atoms in total. The average molecular weight is 297 g/mol. The SMILES string of the molecule is COc1ccc(CN2C(=O)Cc3c(O)cccc3C2=O)cc1. The predicted molar refractivity (Wildman–Crippen MR) is 79.7 cm³/mol. The second-order valence-corrected chi connectivity index (χ2v) is 5.11. The highest BCUT2D eigenvalue weighted by molar-refractivity contribution is 6.10. The molecule has 0 spiro atoms. The molecule has 0 unspecified atom stereocenters. The van der Waals surface area contributed by atoms with Crippen molar-refractivity contribution in [3.8, 4) is 11.5 Å². The Morgan fingerprint density at radius 3 is 2.55 bits per heavy atom. The lowest BCUT2D eigenvalue weighted by Crippen LogP contribution is -2.41. The number of benzene rings is 2. The van der Waals surface area contributed by atoms with E-state index in [1.807, 2.05) is 12.1 Å². The molecule has 0 fully saturated rings. The molecule has 0 saturated heterocycles. The van der Waals surface area contributed by atoms with E-state index < -0.39 is 0 Å². The topological polar surface area (TPSA) is 66.8 Å². The van der Waals surface area contributed by atoms with Gasteiger partial charge in [0, 0.05) is 11.1 Å². The molecular weight excluding hydrogens is 282 g/mol. The molecule has 3 rings (SSSR count). The maximum atomic E-state index is 12.5. The van der Waals surface area contributed by atoms with Crippen LogP contribution in [0.5, 0.6) is 11.5 Å². The molecule has 0 radical (unpaired) electrons. The van der Waals surface area contributed by atoms with Crippen molar-refractivity contribution in [1.82, 2.24) is 4.90 Å². The third kappa shape index (κ3) is 2.41. The summed E-state index contributed by atoms with van der Waals surface area (Å²) >= 11 is 0. The number of aromatic hydroxyl groups is 1. The Bertz CT molecular complexity index is 737. The Morgan fingerprint density at radius 1 is 1.14 bits per heavy atom. The fourth-order valence-electron chi connectivity index (χ4n) is 2.54. The molecular formula is C17H15NO4. The van der Waals surface area contributed by atoms with Crippen molar-refractivity contribution >= 4 is 11.8 Å². The van der Waals surface area contributed by atoms with Crippen LogP contribution in [0.2, 0.25) is 0 Å². The van der Waals surface area contributed by atoms with Crippen LogP contribution < -0.4 is 4.74 Å². The molecule has 0 aromatic heterocycles. The summed E-state index contributed by atoms with van der Waals surface area (Å²) in [6, 6.07) is 11.9. The van der Waals surface area contributed by atoms with Gasteiger partial charge in [-0.3, -0.25) is 14.5 Å². The average Bonchev–Trinajstić information content (AvgIpc) is 2.53. The van der Waals surface area contributed by atoms with Crippen LogP contribution in [-0.4, -0.2) is 28.9 Å². The van der Waals surface area contributed by atoms with Gasteiger partial charge in [0.2, 0.25) is 5.91 Å². The normalized spacial score (nSPS) is 14.0. The summed E-state index contributed by atoms with van der Waals surface area (Å²) in [5.41, 5.74) is 1.63. The van der Waals surface area contributed by atoms with Gasteiger partial charge >= 0.3 is 0 Å². The number of nitrogens with zero attached hydrogens (tertiary/aromatic N) is 1. The van der Waals surface area contributed by atoms with E-state index in [0.717, 1.165) is 11.3 Å². The first-order valence-electron chi connectivity index (χ1n) is 6.88. The van der Waals surface area contributed by atoms with Gasteiger partial charge in [0.25, 0.3) is 5.91 Å². The number of hydrogen-bond donors (Lipinski definition) is 1. The second kappa shape index (κ2) is 5.52. The Labute approximate surface area is 127 Å². The number of rotatable bonds is 3. The van der Waals surface area contributed by atoms with Gasteiger partial charge in [-0.2, -0.15) is 0 Å². The molecule has 1 heterocycles. The number of fused-ring (bicyclic) bond motifs is 1. The summed E-state index contributed by atoms with van der Waals surface area (Å²) in [5.74, 6) is 0.0198. The largest absolute Gasteiger partial charge is 0.508 e. The molecule has 0 saturated carbocycles. The van der Waals surface area contributed by atoms with Gasteiger partial charge < -0.3 is 9.84 Å². The summed E-state index contributed by atoms with van der Waals surface area (Å²) in [6.07, 6.45) is 0.0316. The highest BCUT2D eigenvalue weighted by Crippen LogP contribution is 2.28. The summed E-state index contributed by atoms with van der Waals surface area (Å²) in [4.78, 5) is 25.9. The van der Waals surface area contributed by atoms with Crippen molar-refractivity contribution in [3.05, 3.63) is 59.2 Å². The Balaban J connectivity index is 1.88. The Hall–Kier alpha value is -2.82. The van der Waals surface area contributed by atoms with E-state index in [2.05, 4.69) is 0 Å². The van der Waals surface area contributed by atoms with E-state index >= 15 is 0 Å². The zero-order valence-electron chi connectivity index (χ0n) is 12.1. The summed E-state index contributed by atoms with van der Waals surface area (Å²) in [5, 5.41) is 9.79. The minimum atomic E-state index is -0.377. The summed E-state index contributed by atoms with van der Waals surface area (Å²) < 4.78 is 5.09. The number of amides is 2. The van der Waals surface area contributed by atoms with Gasteiger partial charge in [0.15, 0.2) is 0 Å². The lowest BCUT2D eigenvalue weighted by atomic mass is 9.97. The van der Waals surface area contributed by atoms with Crippen LogP contribution in [0.25, 0.3) is 0 Å². The molecule has 0 aliphatic carbocycles. The fraction of sp³-hybridized carbons (Fsp3) is 0.176. The molecule has 1 aliphatic rings. The van der Waals surface area contributed by atoms with Gasteiger partial charge in [-0.25, -0.2) is 0 Å². The first-order chi connectivity index (χ1) is 10.6. The van der Waals surface area contributed by atoms with Gasteiger partial charge in [-0.05, 0) is 29.8 Å². The third-order valence-corrected chi connectivity index (χ3v) is 3.76. The molecule has 2 aromatic rings. The van der Waals surface area contributed by atoms with Crippen molar-refractivity contribution in [1.29, 1.82) is 0 Å². The smallest absolute Gasteiger partial charge is 0.261 e. The molecule has 22 heavy (non-hydrogen) atoms. The van der Waals surface area contributed by atoms with Gasteiger partial charge in [0.1, 0.15) is 11.5 Å². The highest BCUT2D eigenvalue weighted by Gasteiger charge is 2.32. The molecule has 1 aliphatic heterocycles. The van der Waals surface area contributed by atoms with Gasteiger partial charge in [-0.1, -0.05) is 18.2 Å². The Kier molecular flexibility index (Phi) is 3.55. The number of carbonyl (C=O) groups excluding carboxylic acids is 2. The Morgan fingerprint density at radius 2 is 1.86 bits per heavy atom. The highest BCUT2D eigenvalue weighted by atomic mass is 16.5. The van der Waals surface area contributed by atoms with E-state index in [-0.39, 0.29) is 30.5 Å². The monoisotopic (exact) mass is 297 g/mol. The van der Waals surface area contributed by atoms with Crippen LogP contribution in [0.15, 0.2) is 42.5 Å². The van der Waals surface area contributed by atoms with E-state index in [0.29, 0.717) is 11.1 Å². The first kappa shape index (κ1) is 14.1. The van der Waals surface area contributed by atoms with Crippen molar-refractivity contribution < 1.29 is 19.4 Å². The maximum Gasteiger partial charge on any atom is 0.261 e. The van der Waals surface area contributed by atoms with Crippen LogP contribution in [-0.2, 0) is 17.8 Å². The van der Waals surface area contributed by atoms with Crippen LogP contribution in [0.3, 0.4) is 0 Å². The minimum absolute atomic E-state index is 0.0108. The van der Waals surface area contributed by atoms with Crippen LogP contribution in [0.4, 0.5) is 0 Å². The minimum Gasteiger partial charge on any atom is -0.508 e. The van der Waals surface area contributed by atoms with Crippen LogP contribution in [0.1, 0.15) is 21.5 Å². The van der Waals surface area contributed by atoms with Crippen molar-refractivity contribution in [2.75, 3.05) is 7.11 Å². The zero-order chi connectivity index (χ0) is 15.7. The molecule has 5 heteroatoms. The zero-order valence-corrected chi connectivity index (χ0v) is 12.1. The second-order valence-electron chi connectivity index (χ2n) is 5.11. The van der Waals surface area contributed by atoms with Crippen molar-refractivity contribution in [2.45, 2.75) is 13.0 Å². The lowest BCUT2D eigenvalue weighted by Gasteiger charge is -2.27. The van der Waals surface area contributed by atoms with E-state index in [1.165, 1.54) is 11.0 Å². The number of imide groups is 1. The fourth-order valence-corrected chi connectivity index (χ4v) is 2.54. The molecule has 0 bridgehead atoms. The maximum absolute atomic E-state index is 12.5. The quantitative estimate of drug-likeness (QED) is 0.881. The number of carbonyl (C=O) groups is 2. The number of methoxy groups -OCH3 is 1. The van der Waals surface area contributed by atoms with Gasteiger partial charge in [0.05, 0.1) is 20.1 Å². The standard InChI is InChI=1S/C17H15NO4/c1-22-12-7-5-11(6-8-12)10-18-16(20)9-14-13(17(18)21)3-2-4-15(14)19/h2-8,19H,9-10H2,1H3. The molecule has 1 N–H and O–H groups in total. The number of phenolic OH excluding ortho intramolecular Hbond substituents is 1. The summed E-state index contributed by atoms with van der Waals surface area (Å²) in [6.45, 7) is 0.205. The molecule has 112 valence electrons. The number of hydrogen-bond acceptors (Lipinski definition) is 4. The first-order valence-corrected chi connectivity index (χ1v) is 6.88. The molecule has 2 amide bonds. The van der Waals surface area contributed by atoms with Crippen molar-refractivity contribution in [2.24, 2.45) is 0 Å². The van der Waals surface area contributed by atoms with Crippen LogP contribution in [0, 0.1) is 0 Å². The number of phenols is 1. The van der Waals surface area contributed by atoms with Crippen LogP contribution >= 0.6 is 0 Å². The predicted octanol–water partition coefficient (Wildman–Crippen LogP) is 2.13. The van der Waals surface area contributed by atoms with Gasteiger partial charge in [-0.15, -0.1) is 0 Å². The molecule has 0 atom stereocenters. The third-order valence-electron chi connectivity index (χ3n) is 3.76. The number of ether oxygens (including phenoxy) is 1. The van der Waals surface area contributed by atoms with E-state index in [1.54, 1.807) is 31.4 Å². The lowest BCUT2D eigenvalue weighted by molar-refractivity contribution is -0.128. The molecule has 2 aromatic carbocycles. The van der Waals surface area contributed by atoms with E-state index in [9.17, 15) is 14.7 Å².